The van der Waals surface area contributed by atoms with Gasteiger partial charge in [-0.2, -0.15) is 0 Å². The van der Waals surface area contributed by atoms with Crippen LogP contribution < -0.4 is 0 Å². The second-order valence-electron chi connectivity index (χ2n) is 7.84. The van der Waals surface area contributed by atoms with Crippen LogP contribution in [0.15, 0.2) is 22.3 Å². The predicted molar refractivity (Wildman–Crippen MR) is 90.7 cm³/mol. The molecule has 4 heteroatoms. The van der Waals surface area contributed by atoms with Gasteiger partial charge in [0.1, 0.15) is 6.10 Å². The number of esters is 1. The summed E-state index contributed by atoms with van der Waals surface area (Å²) in [6.45, 7) is 10.1. The lowest BCUT2D eigenvalue weighted by Crippen LogP contribution is -2.45. The number of furan rings is 1. The first-order valence-corrected chi connectivity index (χ1v) is 8.79. The van der Waals surface area contributed by atoms with Crippen molar-refractivity contribution >= 4 is 11.8 Å². The van der Waals surface area contributed by atoms with Gasteiger partial charge in [-0.3, -0.25) is 9.59 Å². The third kappa shape index (κ3) is 2.43. The van der Waals surface area contributed by atoms with Gasteiger partial charge >= 0.3 is 5.97 Å². The van der Waals surface area contributed by atoms with Crippen molar-refractivity contribution in [1.29, 1.82) is 0 Å². The number of carbonyl (C=O) groups is 2. The minimum Gasteiger partial charge on any atom is -0.460 e. The Labute approximate surface area is 143 Å². The summed E-state index contributed by atoms with van der Waals surface area (Å²) in [6, 6.07) is 0. The molecule has 0 aliphatic heterocycles. The van der Waals surface area contributed by atoms with Gasteiger partial charge in [0.15, 0.2) is 5.76 Å². The molecule has 0 spiro atoms. The van der Waals surface area contributed by atoms with Gasteiger partial charge < -0.3 is 9.15 Å². The highest BCUT2D eigenvalue weighted by Gasteiger charge is 2.55. The lowest BCUT2D eigenvalue weighted by molar-refractivity contribution is -0.158. The number of hydrogen-bond donors (Lipinski definition) is 0. The summed E-state index contributed by atoms with van der Waals surface area (Å²) >= 11 is 0. The van der Waals surface area contributed by atoms with Gasteiger partial charge in [-0.15, -0.1) is 0 Å². The standard InChI is InChI=1S/C20H26O4/c1-11(2)9-15(21)24-19-16-12(3)10-23-18(16)17(22)14-8-6-7-13(4)20(14,19)5/h8,10-11,13,19H,6-7,9H2,1-5H3/t13-,19+,20+/m0/s1. The number of rotatable bonds is 3. The Morgan fingerprint density at radius 3 is 2.83 bits per heavy atom. The average molecular weight is 330 g/mol. The van der Waals surface area contributed by atoms with E-state index in [2.05, 4.69) is 13.8 Å². The molecule has 0 fully saturated rings. The van der Waals surface area contributed by atoms with E-state index in [1.807, 2.05) is 26.8 Å². The summed E-state index contributed by atoms with van der Waals surface area (Å²) in [5.41, 5.74) is 1.87. The summed E-state index contributed by atoms with van der Waals surface area (Å²) in [6.07, 6.45) is 5.37. The molecule has 130 valence electrons. The van der Waals surface area contributed by atoms with Crippen molar-refractivity contribution in [3.05, 3.63) is 34.8 Å². The highest BCUT2D eigenvalue weighted by molar-refractivity contribution is 6.10. The Kier molecular flexibility index (Phi) is 4.18. The highest BCUT2D eigenvalue weighted by Crippen LogP contribution is 2.57. The number of hydrogen-bond acceptors (Lipinski definition) is 4. The molecule has 3 atom stereocenters. The molecule has 24 heavy (non-hydrogen) atoms. The zero-order chi connectivity index (χ0) is 17.6. The maximum Gasteiger partial charge on any atom is 0.306 e. The van der Waals surface area contributed by atoms with Crippen LogP contribution in [0, 0.1) is 24.2 Å². The number of fused-ring (bicyclic) bond motifs is 2. The Morgan fingerprint density at radius 2 is 2.17 bits per heavy atom. The zero-order valence-corrected chi connectivity index (χ0v) is 15.1. The molecule has 1 aromatic rings. The van der Waals surface area contributed by atoms with E-state index < -0.39 is 11.5 Å². The van der Waals surface area contributed by atoms with E-state index >= 15 is 0 Å². The van der Waals surface area contributed by atoms with Crippen LogP contribution in [0.25, 0.3) is 0 Å². The molecule has 0 saturated carbocycles. The SMILES string of the molecule is Cc1coc2c1[C@@H](OC(=O)CC(C)C)[C@@]1(C)C(=CCC[C@@H]1C)C2=O. The number of aryl methyl sites for hydroxylation is 1. The van der Waals surface area contributed by atoms with Crippen molar-refractivity contribution in [2.45, 2.75) is 60.0 Å². The molecular formula is C20H26O4. The van der Waals surface area contributed by atoms with Crippen molar-refractivity contribution in [3.63, 3.8) is 0 Å². The van der Waals surface area contributed by atoms with E-state index in [-0.39, 0.29) is 23.6 Å². The maximum atomic E-state index is 12.9. The fourth-order valence-corrected chi connectivity index (χ4v) is 4.07. The number of Topliss-reactive ketones (excluding diaryl/α,β-unsaturated/α-hetero) is 1. The van der Waals surface area contributed by atoms with Gasteiger partial charge in [-0.25, -0.2) is 0 Å². The quantitative estimate of drug-likeness (QED) is 0.749. The second kappa shape index (κ2) is 5.91. The first-order chi connectivity index (χ1) is 11.3. The Morgan fingerprint density at radius 1 is 1.46 bits per heavy atom. The van der Waals surface area contributed by atoms with E-state index in [1.165, 1.54) is 0 Å². The summed E-state index contributed by atoms with van der Waals surface area (Å²) in [7, 11) is 0. The first-order valence-electron chi connectivity index (χ1n) is 8.79. The van der Waals surface area contributed by atoms with Crippen LogP contribution in [0.4, 0.5) is 0 Å². The van der Waals surface area contributed by atoms with Crippen LogP contribution in [0.3, 0.4) is 0 Å². The Balaban J connectivity index is 2.11. The number of allylic oxidation sites excluding steroid dienone is 1. The molecule has 0 N–H and O–H groups in total. The molecule has 3 rings (SSSR count). The molecule has 1 heterocycles. The molecule has 0 radical (unpaired) electrons. The van der Waals surface area contributed by atoms with E-state index in [0.717, 1.165) is 29.5 Å². The minimum atomic E-state index is -0.496. The van der Waals surface area contributed by atoms with Crippen LogP contribution in [0.1, 0.15) is 74.7 Å². The molecule has 0 saturated heterocycles. The summed E-state index contributed by atoms with van der Waals surface area (Å²) in [4.78, 5) is 25.3. The predicted octanol–water partition coefficient (Wildman–Crippen LogP) is 4.78. The van der Waals surface area contributed by atoms with E-state index in [0.29, 0.717) is 12.2 Å². The van der Waals surface area contributed by atoms with Crippen molar-refractivity contribution in [3.8, 4) is 0 Å². The van der Waals surface area contributed by atoms with Crippen LogP contribution in [0.5, 0.6) is 0 Å². The minimum absolute atomic E-state index is 0.0525. The monoisotopic (exact) mass is 330 g/mol. The van der Waals surface area contributed by atoms with Gasteiger partial charge in [0, 0.05) is 23.0 Å². The molecule has 2 aliphatic carbocycles. The molecule has 0 aromatic carbocycles. The number of ether oxygens (including phenoxy) is 1. The van der Waals surface area contributed by atoms with Crippen LogP contribution in [-0.2, 0) is 9.53 Å². The van der Waals surface area contributed by atoms with Crippen LogP contribution in [-0.4, -0.2) is 11.8 Å². The van der Waals surface area contributed by atoms with Crippen molar-refractivity contribution in [1.82, 2.24) is 0 Å². The second-order valence-corrected chi connectivity index (χ2v) is 7.84. The van der Waals surface area contributed by atoms with Crippen molar-refractivity contribution in [2.24, 2.45) is 17.3 Å². The molecule has 1 aromatic heterocycles. The van der Waals surface area contributed by atoms with Crippen LogP contribution >= 0.6 is 0 Å². The molecule has 0 amide bonds. The summed E-state index contributed by atoms with van der Waals surface area (Å²) in [5.74, 6) is 0.560. The topological polar surface area (TPSA) is 56.5 Å². The third-order valence-electron chi connectivity index (χ3n) is 5.66. The summed E-state index contributed by atoms with van der Waals surface area (Å²) in [5, 5.41) is 0. The van der Waals surface area contributed by atoms with Crippen molar-refractivity contribution in [2.75, 3.05) is 0 Å². The Bertz CT molecular complexity index is 709. The van der Waals surface area contributed by atoms with Gasteiger partial charge in [0.05, 0.1) is 6.26 Å². The molecular weight excluding hydrogens is 304 g/mol. The fourth-order valence-electron chi connectivity index (χ4n) is 4.07. The lowest BCUT2D eigenvalue weighted by Gasteiger charge is -2.47. The van der Waals surface area contributed by atoms with E-state index in [1.54, 1.807) is 6.26 Å². The zero-order valence-electron chi connectivity index (χ0n) is 15.1. The van der Waals surface area contributed by atoms with Gasteiger partial charge in [-0.05, 0) is 37.2 Å². The molecule has 0 unspecified atom stereocenters. The first kappa shape index (κ1) is 17.0. The van der Waals surface area contributed by atoms with Gasteiger partial charge in [-0.1, -0.05) is 33.8 Å². The van der Waals surface area contributed by atoms with Crippen LogP contribution in [0.2, 0.25) is 0 Å². The smallest absolute Gasteiger partial charge is 0.306 e. The van der Waals surface area contributed by atoms with Crippen molar-refractivity contribution < 1.29 is 18.7 Å². The normalized spacial score (nSPS) is 29.1. The molecule has 2 aliphatic rings. The molecule has 4 nitrogen and oxygen atoms in total. The van der Waals surface area contributed by atoms with Gasteiger partial charge in [0.25, 0.3) is 0 Å². The van der Waals surface area contributed by atoms with E-state index in [4.69, 9.17) is 9.15 Å². The molecule has 0 bridgehead atoms. The number of carbonyl (C=O) groups excluding carboxylic acids is 2. The third-order valence-corrected chi connectivity index (χ3v) is 5.66. The lowest BCUT2D eigenvalue weighted by atomic mass is 9.58. The maximum absolute atomic E-state index is 12.9. The number of ketones is 1. The average Bonchev–Trinajstić information content (AvgIpc) is 2.87. The van der Waals surface area contributed by atoms with Gasteiger partial charge in [0.2, 0.25) is 5.78 Å². The highest BCUT2D eigenvalue weighted by atomic mass is 16.5. The van der Waals surface area contributed by atoms with E-state index in [9.17, 15) is 9.59 Å². The summed E-state index contributed by atoms with van der Waals surface area (Å²) < 4.78 is 11.5. The fraction of sp³-hybridized carbons (Fsp3) is 0.600. The largest absolute Gasteiger partial charge is 0.460 e. The Hall–Kier alpha value is -1.84.